The minimum absolute atomic E-state index is 0. The number of anilines is 2. The SMILES string of the molecule is C1=C(c2cc3c(Nc4ccc5scnc5c4)ncnc3[nH]2)CCNC1.Cl.Cl.Cl. The number of nitrogens with one attached hydrogen (secondary N) is 3. The van der Waals surface area contributed by atoms with Gasteiger partial charge in [0, 0.05) is 17.9 Å². The van der Waals surface area contributed by atoms with Crippen LogP contribution < -0.4 is 10.6 Å². The van der Waals surface area contributed by atoms with E-state index in [2.05, 4.69) is 54.8 Å². The van der Waals surface area contributed by atoms with E-state index in [1.54, 1.807) is 17.7 Å². The van der Waals surface area contributed by atoms with E-state index in [1.807, 2.05) is 11.6 Å². The lowest BCUT2D eigenvalue weighted by molar-refractivity contribution is 0.737. The second-order valence-electron chi connectivity index (χ2n) is 6.01. The molecule has 0 saturated carbocycles. The van der Waals surface area contributed by atoms with E-state index >= 15 is 0 Å². The number of fused-ring (bicyclic) bond motifs is 2. The molecule has 3 aromatic heterocycles. The molecular weight excluding hydrogens is 439 g/mol. The summed E-state index contributed by atoms with van der Waals surface area (Å²) in [6.45, 7) is 1.92. The normalized spacial score (nSPS) is 13.2. The Morgan fingerprint density at radius 3 is 2.75 bits per heavy atom. The summed E-state index contributed by atoms with van der Waals surface area (Å²) < 4.78 is 1.18. The predicted octanol–water partition coefficient (Wildman–Crippen LogP) is 4.95. The average Bonchev–Trinajstić information content (AvgIpc) is 3.29. The summed E-state index contributed by atoms with van der Waals surface area (Å²) in [5.41, 5.74) is 7.13. The van der Waals surface area contributed by atoms with Crippen LogP contribution in [0.15, 0.2) is 42.2 Å². The van der Waals surface area contributed by atoms with Gasteiger partial charge in [-0.25, -0.2) is 15.0 Å². The number of thiazole rings is 1. The van der Waals surface area contributed by atoms with Crippen molar-refractivity contribution in [2.75, 3.05) is 18.4 Å². The zero-order valence-electron chi connectivity index (χ0n) is 14.6. The van der Waals surface area contributed by atoms with Crippen LogP contribution >= 0.6 is 48.6 Å². The van der Waals surface area contributed by atoms with Gasteiger partial charge in [-0.2, -0.15) is 0 Å². The van der Waals surface area contributed by atoms with E-state index in [1.165, 1.54) is 10.3 Å². The standard InChI is InChI=1S/C18H16N6S.3ClH/c1-2-16-15(22-10-25-16)7-12(1)23-17-13-8-14(11-3-5-19-6-4-11)24-18(13)21-9-20-17;;;/h1-3,7-10,19H,4-6H2,(H2,20,21,23,24);3*1H. The lowest BCUT2D eigenvalue weighted by Crippen LogP contribution is -2.20. The monoisotopic (exact) mass is 456 g/mol. The first-order chi connectivity index (χ1) is 12.4. The molecule has 4 aromatic rings. The molecule has 0 fully saturated rings. The van der Waals surface area contributed by atoms with E-state index in [0.29, 0.717) is 0 Å². The Hall–Kier alpha value is -1.90. The van der Waals surface area contributed by atoms with Gasteiger partial charge < -0.3 is 15.6 Å². The smallest absolute Gasteiger partial charge is 0.143 e. The highest BCUT2D eigenvalue weighted by Crippen LogP contribution is 2.29. The van der Waals surface area contributed by atoms with Crippen molar-refractivity contribution in [1.82, 2.24) is 25.3 Å². The zero-order chi connectivity index (χ0) is 16.6. The van der Waals surface area contributed by atoms with Crippen molar-refractivity contribution in [3.8, 4) is 0 Å². The molecule has 148 valence electrons. The van der Waals surface area contributed by atoms with Crippen LogP contribution in [-0.2, 0) is 0 Å². The van der Waals surface area contributed by atoms with Gasteiger partial charge in [-0.15, -0.1) is 48.6 Å². The average molecular weight is 458 g/mol. The highest BCUT2D eigenvalue weighted by molar-refractivity contribution is 7.16. The number of H-pyrrole nitrogens is 1. The second-order valence-corrected chi connectivity index (χ2v) is 6.90. The molecule has 1 aromatic carbocycles. The molecular formula is C18H19Cl3N6S. The molecule has 4 heterocycles. The first-order valence-corrected chi connectivity index (χ1v) is 9.09. The van der Waals surface area contributed by atoms with Gasteiger partial charge in [-0.05, 0) is 42.8 Å². The van der Waals surface area contributed by atoms with Crippen molar-refractivity contribution < 1.29 is 0 Å². The molecule has 5 rings (SSSR count). The van der Waals surface area contributed by atoms with Crippen molar-refractivity contribution >= 4 is 86.9 Å². The van der Waals surface area contributed by atoms with Crippen LogP contribution in [0.1, 0.15) is 12.1 Å². The molecule has 0 saturated heterocycles. The molecule has 6 nitrogen and oxygen atoms in total. The Bertz CT molecular complexity index is 1110. The van der Waals surface area contributed by atoms with Crippen molar-refractivity contribution in [2.45, 2.75) is 6.42 Å². The summed E-state index contributed by atoms with van der Waals surface area (Å²) in [5.74, 6) is 0.802. The fraction of sp³-hybridized carbons (Fsp3) is 0.167. The van der Waals surface area contributed by atoms with Gasteiger partial charge in [0.1, 0.15) is 17.8 Å². The van der Waals surface area contributed by atoms with Gasteiger partial charge in [-0.1, -0.05) is 6.08 Å². The summed E-state index contributed by atoms with van der Waals surface area (Å²) in [5, 5.41) is 7.74. The molecule has 0 bridgehead atoms. The number of hydrogen-bond donors (Lipinski definition) is 3. The largest absolute Gasteiger partial charge is 0.340 e. The van der Waals surface area contributed by atoms with Gasteiger partial charge >= 0.3 is 0 Å². The summed E-state index contributed by atoms with van der Waals surface area (Å²) >= 11 is 1.64. The van der Waals surface area contributed by atoms with E-state index in [0.717, 1.165) is 53.3 Å². The first-order valence-electron chi connectivity index (χ1n) is 8.21. The maximum atomic E-state index is 4.44. The van der Waals surface area contributed by atoms with E-state index in [9.17, 15) is 0 Å². The maximum Gasteiger partial charge on any atom is 0.143 e. The van der Waals surface area contributed by atoms with E-state index in [-0.39, 0.29) is 37.2 Å². The summed E-state index contributed by atoms with van der Waals surface area (Å²) in [6, 6.07) is 8.31. The van der Waals surface area contributed by atoms with E-state index < -0.39 is 0 Å². The minimum Gasteiger partial charge on any atom is -0.340 e. The Balaban J connectivity index is 0.000000934. The predicted molar refractivity (Wildman–Crippen MR) is 124 cm³/mol. The van der Waals surface area contributed by atoms with Crippen molar-refractivity contribution in [3.05, 3.63) is 47.9 Å². The van der Waals surface area contributed by atoms with Gasteiger partial charge in [-0.3, -0.25) is 0 Å². The fourth-order valence-electron chi connectivity index (χ4n) is 3.15. The van der Waals surface area contributed by atoms with Crippen LogP contribution in [0, 0.1) is 0 Å². The Kier molecular flexibility index (Phi) is 7.63. The van der Waals surface area contributed by atoms with Gasteiger partial charge in [0.2, 0.25) is 0 Å². The molecule has 10 heteroatoms. The van der Waals surface area contributed by atoms with Gasteiger partial charge in [0.25, 0.3) is 0 Å². The molecule has 1 aliphatic heterocycles. The quantitative estimate of drug-likeness (QED) is 0.405. The highest BCUT2D eigenvalue weighted by atomic mass is 35.5. The summed E-state index contributed by atoms with van der Waals surface area (Å²) in [4.78, 5) is 16.6. The first kappa shape index (κ1) is 22.4. The molecule has 1 aliphatic rings. The third-order valence-electron chi connectivity index (χ3n) is 4.43. The van der Waals surface area contributed by atoms with Crippen LogP contribution in [0.3, 0.4) is 0 Å². The van der Waals surface area contributed by atoms with E-state index in [4.69, 9.17) is 0 Å². The molecule has 0 unspecified atom stereocenters. The van der Waals surface area contributed by atoms with Crippen molar-refractivity contribution in [1.29, 1.82) is 0 Å². The number of halogens is 3. The Morgan fingerprint density at radius 1 is 1.04 bits per heavy atom. The lowest BCUT2D eigenvalue weighted by atomic mass is 10.1. The lowest BCUT2D eigenvalue weighted by Gasteiger charge is -2.12. The van der Waals surface area contributed by atoms with Gasteiger partial charge in [0.15, 0.2) is 0 Å². The van der Waals surface area contributed by atoms with Crippen molar-refractivity contribution in [2.24, 2.45) is 0 Å². The number of aromatic nitrogens is 4. The van der Waals surface area contributed by atoms with Crippen LogP contribution in [0.2, 0.25) is 0 Å². The third-order valence-corrected chi connectivity index (χ3v) is 5.24. The number of aromatic amines is 1. The molecule has 0 radical (unpaired) electrons. The number of benzene rings is 1. The summed E-state index contributed by atoms with van der Waals surface area (Å²) in [6.07, 6.45) is 4.83. The van der Waals surface area contributed by atoms with Crippen LogP contribution in [-0.4, -0.2) is 33.0 Å². The molecule has 0 amide bonds. The fourth-order valence-corrected chi connectivity index (χ4v) is 3.81. The third kappa shape index (κ3) is 4.24. The molecule has 0 spiro atoms. The minimum atomic E-state index is 0. The van der Waals surface area contributed by atoms with Crippen molar-refractivity contribution in [3.63, 3.8) is 0 Å². The number of hydrogen-bond acceptors (Lipinski definition) is 6. The topological polar surface area (TPSA) is 78.5 Å². The van der Waals surface area contributed by atoms with Crippen LogP contribution in [0.4, 0.5) is 11.5 Å². The molecule has 3 N–H and O–H groups in total. The highest BCUT2D eigenvalue weighted by Gasteiger charge is 2.13. The molecule has 0 aliphatic carbocycles. The van der Waals surface area contributed by atoms with Gasteiger partial charge in [0.05, 0.1) is 21.1 Å². The molecule has 28 heavy (non-hydrogen) atoms. The van der Waals surface area contributed by atoms with Crippen LogP contribution in [0.5, 0.6) is 0 Å². The van der Waals surface area contributed by atoms with Crippen LogP contribution in [0.25, 0.3) is 26.8 Å². The number of nitrogens with zero attached hydrogens (tertiary/aromatic N) is 3. The second kappa shape index (κ2) is 9.54. The maximum absolute atomic E-state index is 4.44. The summed E-state index contributed by atoms with van der Waals surface area (Å²) in [7, 11) is 0. The zero-order valence-corrected chi connectivity index (χ0v) is 17.9. The Labute approximate surface area is 184 Å². The molecule has 0 atom stereocenters. The Morgan fingerprint density at radius 2 is 1.93 bits per heavy atom. The number of rotatable bonds is 3.